The number of pyridine rings is 1. The van der Waals surface area contributed by atoms with Crippen molar-refractivity contribution < 1.29 is 9.53 Å². The zero-order chi connectivity index (χ0) is 17.3. The Morgan fingerprint density at radius 1 is 1.29 bits per heavy atom. The van der Waals surface area contributed by atoms with Gasteiger partial charge in [0.1, 0.15) is 0 Å². The summed E-state index contributed by atoms with van der Waals surface area (Å²) in [6, 6.07) is 7.46. The van der Waals surface area contributed by atoms with Gasteiger partial charge in [-0.05, 0) is 38.1 Å². The van der Waals surface area contributed by atoms with Crippen LogP contribution in [0.5, 0.6) is 0 Å². The summed E-state index contributed by atoms with van der Waals surface area (Å²) in [5.74, 6) is -0.455. The van der Waals surface area contributed by atoms with Crippen LogP contribution in [0.25, 0.3) is 10.9 Å². The first kappa shape index (κ1) is 16.9. The van der Waals surface area contributed by atoms with E-state index >= 15 is 0 Å². The number of hydrogen-bond donors (Lipinski definition) is 1. The molecule has 1 aromatic carbocycles. The second kappa shape index (κ2) is 6.86. The summed E-state index contributed by atoms with van der Waals surface area (Å²) in [6.07, 6.45) is 0. The van der Waals surface area contributed by atoms with Crippen LogP contribution in [0.2, 0.25) is 0 Å². The quantitative estimate of drug-likeness (QED) is 0.648. The van der Waals surface area contributed by atoms with Crippen molar-refractivity contribution in [2.75, 3.05) is 12.4 Å². The fraction of sp³-hybridized carbons (Fsp3) is 0.235. The molecule has 0 atom stereocenters. The Morgan fingerprint density at radius 3 is 2.75 bits per heavy atom. The highest BCUT2D eigenvalue weighted by Gasteiger charge is 2.13. The van der Waals surface area contributed by atoms with E-state index in [9.17, 15) is 4.79 Å². The van der Waals surface area contributed by atoms with Crippen LogP contribution in [0.3, 0.4) is 0 Å². The number of ether oxygens (including phenoxy) is 1. The summed E-state index contributed by atoms with van der Waals surface area (Å²) in [4.78, 5) is 22.0. The van der Waals surface area contributed by atoms with Crippen molar-refractivity contribution in [3.8, 4) is 0 Å². The van der Waals surface area contributed by atoms with E-state index < -0.39 is 5.97 Å². The van der Waals surface area contributed by atoms with Crippen molar-refractivity contribution in [3.63, 3.8) is 0 Å². The number of nitrogens with zero attached hydrogens (tertiary/aromatic N) is 2. The molecule has 0 unspecified atom stereocenters. The standard InChI is InChI=1S/C17H16BrN3O2S/c1-9-16(20-10(2)24-9)8-19-14-7-15(17(22)23-3)21-13-5-4-11(18)6-12(13)14/h4-7H,8H2,1-3H3,(H,19,21). The van der Waals surface area contributed by atoms with E-state index in [1.54, 1.807) is 17.4 Å². The molecule has 0 aliphatic heterocycles. The molecule has 124 valence electrons. The highest BCUT2D eigenvalue weighted by atomic mass is 79.9. The van der Waals surface area contributed by atoms with Crippen molar-refractivity contribution in [1.82, 2.24) is 9.97 Å². The zero-order valence-corrected chi connectivity index (χ0v) is 15.9. The Labute approximate surface area is 152 Å². The number of aryl methyl sites for hydroxylation is 2. The predicted molar refractivity (Wildman–Crippen MR) is 99.7 cm³/mol. The van der Waals surface area contributed by atoms with Gasteiger partial charge in [0.2, 0.25) is 0 Å². The molecule has 0 amide bonds. The largest absolute Gasteiger partial charge is 0.464 e. The number of thiazole rings is 1. The normalized spacial score (nSPS) is 10.8. The summed E-state index contributed by atoms with van der Waals surface area (Å²) < 4.78 is 5.75. The summed E-state index contributed by atoms with van der Waals surface area (Å²) in [6.45, 7) is 4.64. The highest BCUT2D eigenvalue weighted by molar-refractivity contribution is 9.10. The minimum Gasteiger partial charge on any atom is -0.464 e. The van der Waals surface area contributed by atoms with Crippen LogP contribution in [0.15, 0.2) is 28.7 Å². The molecule has 3 aromatic rings. The number of benzene rings is 1. The number of methoxy groups -OCH3 is 1. The van der Waals surface area contributed by atoms with Gasteiger partial charge in [-0.15, -0.1) is 11.3 Å². The molecule has 0 saturated carbocycles. The number of esters is 1. The molecule has 2 aromatic heterocycles. The number of rotatable bonds is 4. The number of halogens is 1. The van der Waals surface area contributed by atoms with Gasteiger partial charge in [-0.2, -0.15) is 0 Å². The summed E-state index contributed by atoms with van der Waals surface area (Å²) in [7, 11) is 1.35. The molecule has 2 heterocycles. The predicted octanol–water partition coefficient (Wildman–Crippen LogP) is 4.47. The van der Waals surface area contributed by atoms with Gasteiger partial charge >= 0.3 is 5.97 Å². The lowest BCUT2D eigenvalue weighted by atomic mass is 10.1. The molecule has 24 heavy (non-hydrogen) atoms. The van der Waals surface area contributed by atoms with Crippen LogP contribution in [-0.4, -0.2) is 23.0 Å². The molecule has 0 spiro atoms. The van der Waals surface area contributed by atoms with Crippen molar-refractivity contribution in [1.29, 1.82) is 0 Å². The molecule has 0 bridgehead atoms. The maximum Gasteiger partial charge on any atom is 0.356 e. The zero-order valence-electron chi connectivity index (χ0n) is 13.5. The third-order valence-electron chi connectivity index (χ3n) is 3.61. The van der Waals surface area contributed by atoms with Gasteiger partial charge in [0.05, 0.1) is 29.9 Å². The highest BCUT2D eigenvalue weighted by Crippen LogP contribution is 2.28. The number of nitrogens with one attached hydrogen (secondary N) is 1. The molecular formula is C17H16BrN3O2S. The second-order valence-electron chi connectivity index (χ2n) is 5.30. The smallest absolute Gasteiger partial charge is 0.356 e. The Morgan fingerprint density at radius 2 is 2.08 bits per heavy atom. The molecule has 7 heteroatoms. The molecule has 0 radical (unpaired) electrons. The first-order chi connectivity index (χ1) is 11.5. The molecule has 0 aliphatic rings. The number of anilines is 1. The maximum atomic E-state index is 11.9. The molecule has 0 fully saturated rings. The minimum atomic E-state index is -0.455. The Bertz CT molecular complexity index is 924. The van der Waals surface area contributed by atoms with E-state index in [0.717, 1.165) is 31.8 Å². The van der Waals surface area contributed by atoms with Crippen LogP contribution in [-0.2, 0) is 11.3 Å². The lowest BCUT2D eigenvalue weighted by molar-refractivity contribution is 0.0594. The van der Waals surface area contributed by atoms with Crippen molar-refractivity contribution in [2.24, 2.45) is 0 Å². The summed E-state index contributed by atoms with van der Waals surface area (Å²) in [5.41, 5.74) is 2.85. The number of aromatic nitrogens is 2. The van der Waals surface area contributed by atoms with Crippen LogP contribution in [0.4, 0.5) is 5.69 Å². The molecule has 0 aliphatic carbocycles. The first-order valence-electron chi connectivity index (χ1n) is 7.33. The summed E-state index contributed by atoms with van der Waals surface area (Å²) >= 11 is 5.16. The first-order valence-corrected chi connectivity index (χ1v) is 8.94. The monoisotopic (exact) mass is 405 g/mol. The van der Waals surface area contributed by atoms with Gasteiger partial charge < -0.3 is 10.1 Å². The molecule has 1 N–H and O–H groups in total. The summed E-state index contributed by atoms with van der Waals surface area (Å²) in [5, 5.41) is 5.36. The Balaban J connectivity index is 2.02. The van der Waals surface area contributed by atoms with E-state index in [-0.39, 0.29) is 5.69 Å². The lowest BCUT2D eigenvalue weighted by Gasteiger charge is -2.11. The Hall–Kier alpha value is -1.99. The fourth-order valence-electron chi connectivity index (χ4n) is 2.47. The minimum absolute atomic E-state index is 0.279. The van der Waals surface area contributed by atoms with Gasteiger partial charge in [0.25, 0.3) is 0 Å². The molecular weight excluding hydrogens is 390 g/mol. The number of hydrogen-bond acceptors (Lipinski definition) is 6. The van der Waals surface area contributed by atoms with Crippen molar-refractivity contribution >= 4 is 49.8 Å². The average molecular weight is 406 g/mol. The molecule has 5 nitrogen and oxygen atoms in total. The van der Waals surface area contributed by atoms with Gasteiger partial charge in [0.15, 0.2) is 5.69 Å². The van der Waals surface area contributed by atoms with Crippen LogP contribution in [0, 0.1) is 13.8 Å². The van der Waals surface area contributed by atoms with Crippen LogP contribution in [0.1, 0.15) is 26.1 Å². The van der Waals surface area contributed by atoms with Gasteiger partial charge in [-0.3, -0.25) is 0 Å². The second-order valence-corrected chi connectivity index (χ2v) is 7.62. The van der Waals surface area contributed by atoms with Crippen molar-refractivity contribution in [2.45, 2.75) is 20.4 Å². The number of carbonyl (C=O) groups is 1. The number of carbonyl (C=O) groups excluding carboxylic acids is 1. The van der Waals surface area contributed by atoms with Crippen LogP contribution >= 0.6 is 27.3 Å². The van der Waals surface area contributed by atoms with Gasteiger partial charge in [-0.25, -0.2) is 14.8 Å². The van der Waals surface area contributed by atoms with E-state index in [2.05, 4.69) is 38.1 Å². The number of fused-ring (bicyclic) bond motifs is 1. The average Bonchev–Trinajstić information content (AvgIpc) is 2.89. The van der Waals surface area contributed by atoms with E-state index in [1.165, 1.54) is 12.0 Å². The van der Waals surface area contributed by atoms with E-state index in [0.29, 0.717) is 6.54 Å². The molecule has 3 rings (SSSR count). The topological polar surface area (TPSA) is 64.1 Å². The van der Waals surface area contributed by atoms with Gasteiger partial charge in [0, 0.05) is 20.4 Å². The van der Waals surface area contributed by atoms with E-state index in [4.69, 9.17) is 4.74 Å². The third-order valence-corrected chi connectivity index (χ3v) is 5.03. The lowest BCUT2D eigenvalue weighted by Crippen LogP contribution is -2.08. The SMILES string of the molecule is COC(=O)c1cc(NCc2nc(C)sc2C)c2cc(Br)ccc2n1. The Kier molecular flexibility index (Phi) is 4.82. The van der Waals surface area contributed by atoms with Crippen molar-refractivity contribution in [3.05, 3.63) is 50.0 Å². The van der Waals surface area contributed by atoms with E-state index in [1.807, 2.05) is 25.1 Å². The van der Waals surface area contributed by atoms with Gasteiger partial charge in [-0.1, -0.05) is 15.9 Å². The van der Waals surface area contributed by atoms with Crippen LogP contribution < -0.4 is 5.32 Å². The molecule has 0 saturated heterocycles. The maximum absolute atomic E-state index is 11.9. The fourth-order valence-corrected chi connectivity index (χ4v) is 3.66. The third kappa shape index (κ3) is 3.42.